The molecule has 1 aromatic heterocycles. The summed E-state index contributed by atoms with van der Waals surface area (Å²) in [7, 11) is 0. The predicted molar refractivity (Wildman–Crippen MR) is 203 cm³/mol. The maximum absolute atomic E-state index is 6.15. The minimum Gasteiger partial charge on any atom is -0.456 e. The van der Waals surface area contributed by atoms with E-state index in [0.717, 1.165) is 21.9 Å². The van der Waals surface area contributed by atoms with Crippen molar-refractivity contribution in [2.45, 2.75) is 19.3 Å². The van der Waals surface area contributed by atoms with Crippen molar-refractivity contribution in [1.82, 2.24) is 0 Å². The van der Waals surface area contributed by atoms with Crippen LogP contribution in [0.1, 0.15) is 25.0 Å². The standard InChI is InChI=1S/C47H30O/c1-47(2)41-25-29(34-21-32-15-13-27-7-5-8-28-14-16-33(22-34)46(32)45(27)28)17-19-36(41)39-23-30-9-6-11-35(38(30)26-42(39)47)31-18-20-44-40(24-31)37-10-3-4-12-43(37)48-44/h3-26H,1-2H3. The molecule has 0 atom stereocenters. The molecule has 0 aliphatic heterocycles. The fourth-order valence-electron chi connectivity index (χ4n) is 8.75. The molecule has 0 bridgehead atoms. The van der Waals surface area contributed by atoms with Crippen LogP contribution < -0.4 is 0 Å². The Morgan fingerprint density at radius 3 is 1.88 bits per heavy atom. The molecule has 1 aliphatic carbocycles. The first-order valence-electron chi connectivity index (χ1n) is 16.8. The van der Waals surface area contributed by atoms with E-state index in [-0.39, 0.29) is 5.41 Å². The molecular formula is C47H30O. The molecule has 0 fully saturated rings. The molecule has 48 heavy (non-hydrogen) atoms. The Bertz CT molecular complexity index is 2910. The number of hydrogen-bond acceptors (Lipinski definition) is 1. The lowest BCUT2D eigenvalue weighted by molar-refractivity contribution is 0.661. The minimum absolute atomic E-state index is 0.136. The van der Waals surface area contributed by atoms with Crippen LogP contribution in [-0.2, 0) is 5.41 Å². The third kappa shape index (κ3) is 3.46. The quantitative estimate of drug-likeness (QED) is 0.178. The van der Waals surface area contributed by atoms with Crippen molar-refractivity contribution < 1.29 is 4.42 Å². The van der Waals surface area contributed by atoms with Crippen LogP contribution >= 0.6 is 0 Å². The number of hydrogen-bond donors (Lipinski definition) is 0. The zero-order chi connectivity index (χ0) is 31.7. The van der Waals surface area contributed by atoms with Crippen LogP contribution in [0.3, 0.4) is 0 Å². The second kappa shape index (κ2) is 9.12. The zero-order valence-corrected chi connectivity index (χ0v) is 26.8. The van der Waals surface area contributed by atoms with Crippen molar-refractivity contribution in [2.75, 3.05) is 0 Å². The van der Waals surface area contributed by atoms with E-state index in [0.29, 0.717) is 0 Å². The van der Waals surface area contributed by atoms with Crippen LogP contribution in [0.5, 0.6) is 0 Å². The Balaban J connectivity index is 1.06. The first kappa shape index (κ1) is 26.2. The summed E-state index contributed by atoms with van der Waals surface area (Å²) >= 11 is 0. The van der Waals surface area contributed by atoms with Crippen LogP contribution in [-0.4, -0.2) is 0 Å². The molecule has 0 amide bonds. The van der Waals surface area contributed by atoms with Gasteiger partial charge in [-0.05, 0) is 136 Å². The van der Waals surface area contributed by atoms with E-state index < -0.39 is 0 Å². The van der Waals surface area contributed by atoms with Gasteiger partial charge in [-0.3, -0.25) is 0 Å². The smallest absolute Gasteiger partial charge is 0.135 e. The molecule has 1 heteroatoms. The van der Waals surface area contributed by atoms with Gasteiger partial charge in [0.25, 0.3) is 0 Å². The monoisotopic (exact) mass is 610 g/mol. The van der Waals surface area contributed by atoms with Crippen molar-refractivity contribution >= 4 is 65.0 Å². The normalized spacial score (nSPS) is 13.8. The van der Waals surface area contributed by atoms with Gasteiger partial charge in [0, 0.05) is 16.2 Å². The highest BCUT2D eigenvalue weighted by Gasteiger charge is 2.36. The summed E-state index contributed by atoms with van der Waals surface area (Å²) in [6.45, 7) is 4.78. The van der Waals surface area contributed by atoms with Gasteiger partial charge in [0.2, 0.25) is 0 Å². The van der Waals surface area contributed by atoms with Crippen LogP contribution in [0, 0.1) is 0 Å². The van der Waals surface area contributed by atoms with Crippen LogP contribution in [0.2, 0.25) is 0 Å². The topological polar surface area (TPSA) is 13.1 Å². The SMILES string of the molecule is CC1(C)c2cc(-c3cc4ccc5cccc6ccc(c3)c4c56)ccc2-c2cc3cccc(-c4ccc5oc6ccccc6c5c4)c3cc21. The molecule has 10 aromatic rings. The molecule has 11 rings (SSSR count). The molecule has 9 aromatic carbocycles. The fraction of sp³-hybridized carbons (Fsp3) is 0.0638. The summed E-state index contributed by atoms with van der Waals surface area (Å²) in [6.07, 6.45) is 0. The molecule has 0 N–H and O–H groups in total. The van der Waals surface area contributed by atoms with Crippen molar-refractivity contribution in [2.24, 2.45) is 0 Å². The highest BCUT2D eigenvalue weighted by molar-refractivity contribution is 6.23. The highest BCUT2D eigenvalue weighted by atomic mass is 16.3. The maximum Gasteiger partial charge on any atom is 0.135 e. The largest absolute Gasteiger partial charge is 0.456 e. The Kier molecular flexibility index (Phi) is 4.97. The molecule has 1 heterocycles. The van der Waals surface area contributed by atoms with Crippen LogP contribution in [0.4, 0.5) is 0 Å². The van der Waals surface area contributed by atoms with E-state index in [9.17, 15) is 0 Å². The number of furan rings is 1. The lowest BCUT2D eigenvalue weighted by Gasteiger charge is -2.23. The average Bonchev–Trinajstić information content (AvgIpc) is 3.60. The minimum atomic E-state index is -0.136. The highest BCUT2D eigenvalue weighted by Crippen LogP contribution is 2.52. The Labute approximate surface area is 278 Å². The summed E-state index contributed by atoms with van der Waals surface area (Å²) < 4.78 is 6.15. The van der Waals surface area contributed by atoms with Gasteiger partial charge in [0.1, 0.15) is 11.2 Å². The first-order chi connectivity index (χ1) is 23.5. The van der Waals surface area contributed by atoms with E-state index >= 15 is 0 Å². The van der Waals surface area contributed by atoms with E-state index in [4.69, 9.17) is 4.42 Å². The molecule has 0 saturated carbocycles. The zero-order valence-electron chi connectivity index (χ0n) is 26.8. The second-order valence-electron chi connectivity index (χ2n) is 14.1. The summed E-state index contributed by atoms with van der Waals surface area (Å²) in [6, 6.07) is 54.1. The van der Waals surface area contributed by atoms with Gasteiger partial charge < -0.3 is 4.42 Å². The summed E-state index contributed by atoms with van der Waals surface area (Å²) in [5, 5.41) is 12.8. The molecule has 0 radical (unpaired) electrons. The van der Waals surface area contributed by atoms with Crippen molar-refractivity contribution in [1.29, 1.82) is 0 Å². The molecule has 0 spiro atoms. The molecule has 0 saturated heterocycles. The average molecular weight is 611 g/mol. The molecule has 1 nitrogen and oxygen atoms in total. The van der Waals surface area contributed by atoms with Crippen LogP contribution in [0.25, 0.3) is 98.4 Å². The van der Waals surface area contributed by atoms with Gasteiger partial charge in [0.05, 0.1) is 0 Å². The van der Waals surface area contributed by atoms with E-state index in [2.05, 4.69) is 147 Å². The second-order valence-corrected chi connectivity index (χ2v) is 14.1. The van der Waals surface area contributed by atoms with Gasteiger partial charge in [-0.15, -0.1) is 0 Å². The predicted octanol–water partition coefficient (Wildman–Crippen LogP) is 13.3. The Morgan fingerprint density at radius 2 is 1.04 bits per heavy atom. The molecule has 224 valence electrons. The number of benzene rings is 9. The van der Waals surface area contributed by atoms with E-state index in [1.807, 2.05) is 12.1 Å². The van der Waals surface area contributed by atoms with E-state index in [1.165, 1.54) is 87.6 Å². The Morgan fingerprint density at radius 1 is 0.375 bits per heavy atom. The van der Waals surface area contributed by atoms with Gasteiger partial charge in [-0.1, -0.05) is 111 Å². The lowest BCUT2D eigenvalue weighted by Crippen LogP contribution is -2.15. The lowest BCUT2D eigenvalue weighted by atomic mass is 9.80. The Hall–Kier alpha value is -5.92. The van der Waals surface area contributed by atoms with Crippen molar-refractivity contribution in [3.63, 3.8) is 0 Å². The van der Waals surface area contributed by atoms with Gasteiger partial charge in [-0.25, -0.2) is 0 Å². The number of fused-ring (bicyclic) bond motifs is 7. The molecule has 0 unspecified atom stereocenters. The van der Waals surface area contributed by atoms with Gasteiger partial charge >= 0.3 is 0 Å². The fourth-order valence-corrected chi connectivity index (χ4v) is 8.75. The van der Waals surface area contributed by atoms with Gasteiger partial charge in [0.15, 0.2) is 0 Å². The summed E-state index contributed by atoms with van der Waals surface area (Å²) in [5.74, 6) is 0. The third-order valence-electron chi connectivity index (χ3n) is 11.2. The third-order valence-corrected chi connectivity index (χ3v) is 11.2. The van der Waals surface area contributed by atoms with Crippen LogP contribution in [0.15, 0.2) is 150 Å². The van der Waals surface area contributed by atoms with Crippen molar-refractivity contribution in [3.05, 3.63) is 157 Å². The van der Waals surface area contributed by atoms with E-state index in [1.54, 1.807) is 0 Å². The molecular weight excluding hydrogens is 581 g/mol. The molecule has 1 aliphatic rings. The summed E-state index contributed by atoms with van der Waals surface area (Å²) in [4.78, 5) is 0. The first-order valence-corrected chi connectivity index (χ1v) is 16.8. The number of rotatable bonds is 2. The van der Waals surface area contributed by atoms with Crippen molar-refractivity contribution in [3.8, 4) is 33.4 Å². The maximum atomic E-state index is 6.15. The van der Waals surface area contributed by atoms with Gasteiger partial charge in [-0.2, -0.15) is 0 Å². The summed E-state index contributed by atoms with van der Waals surface area (Å²) in [5.41, 5.74) is 12.2. The number of para-hydroxylation sites is 1.